The first-order valence-electron chi connectivity index (χ1n) is 9.64. The van der Waals surface area contributed by atoms with Crippen molar-refractivity contribution < 1.29 is 24.0 Å². The molecule has 2 fully saturated rings. The van der Waals surface area contributed by atoms with Crippen LogP contribution in [0.1, 0.15) is 43.0 Å². The highest BCUT2D eigenvalue weighted by Gasteiger charge is 2.49. The van der Waals surface area contributed by atoms with Gasteiger partial charge in [0.25, 0.3) is 5.91 Å². The fourth-order valence-corrected chi connectivity index (χ4v) is 3.86. The lowest BCUT2D eigenvalue weighted by molar-refractivity contribution is -0.145. The summed E-state index contributed by atoms with van der Waals surface area (Å²) in [4.78, 5) is 63.2. The maximum Gasteiger partial charge on any atom is 0.334 e. The molecule has 1 heterocycles. The van der Waals surface area contributed by atoms with E-state index in [1.807, 2.05) is 6.92 Å². The van der Waals surface area contributed by atoms with E-state index in [0.29, 0.717) is 22.6 Å². The molecule has 1 aromatic carbocycles. The second kappa shape index (κ2) is 8.42. The lowest BCUT2D eigenvalue weighted by atomic mass is 9.85. The average molecular weight is 400 g/mol. The molecule has 0 spiro atoms. The molecular formula is C20H24N4O5. The van der Waals surface area contributed by atoms with Crippen LogP contribution in [0, 0.1) is 5.92 Å². The van der Waals surface area contributed by atoms with E-state index in [-0.39, 0.29) is 17.9 Å². The number of imide groups is 2. The van der Waals surface area contributed by atoms with Gasteiger partial charge in [-0.2, -0.15) is 0 Å². The standard InChI is InChI=1S/C20H24N4O5/c1-12-6-3-4-9-15(12)24-19(28)18(27)23(20(24)29)11-16(25)22-14-8-5-7-13(10-14)17(26)21-2/h5,7-8,10,12,15H,3-4,6,9,11H2,1-2H3,(H,21,26)(H,22,25)/t12-,15+/m0/s1. The summed E-state index contributed by atoms with van der Waals surface area (Å²) in [5, 5.41) is 5.04. The lowest BCUT2D eigenvalue weighted by Crippen LogP contribution is -2.46. The monoisotopic (exact) mass is 400 g/mol. The summed E-state index contributed by atoms with van der Waals surface area (Å²) in [6.07, 6.45) is 3.47. The van der Waals surface area contributed by atoms with Gasteiger partial charge in [-0.3, -0.25) is 24.1 Å². The zero-order valence-corrected chi connectivity index (χ0v) is 16.4. The molecule has 0 radical (unpaired) electrons. The molecule has 0 unspecified atom stereocenters. The van der Waals surface area contributed by atoms with E-state index >= 15 is 0 Å². The number of carbonyl (C=O) groups is 5. The van der Waals surface area contributed by atoms with Crippen molar-refractivity contribution in [3.05, 3.63) is 29.8 Å². The van der Waals surface area contributed by atoms with Crippen LogP contribution < -0.4 is 10.6 Å². The first-order chi connectivity index (χ1) is 13.8. The lowest BCUT2D eigenvalue weighted by Gasteiger charge is -2.34. The molecule has 1 aliphatic carbocycles. The summed E-state index contributed by atoms with van der Waals surface area (Å²) in [7, 11) is 1.49. The number of hydrogen-bond acceptors (Lipinski definition) is 5. The zero-order valence-electron chi connectivity index (χ0n) is 16.4. The van der Waals surface area contributed by atoms with Crippen LogP contribution in [-0.2, 0) is 14.4 Å². The molecule has 2 aliphatic rings. The molecule has 1 saturated heterocycles. The Bertz CT molecular complexity index is 868. The summed E-state index contributed by atoms with van der Waals surface area (Å²) in [5.41, 5.74) is 0.700. The molecule has 2 N–H and O–H groups in total. The molecule has 1 saturated carbocycles. The van der Waals surface area contributed by atoms with Gasteiger partial charge in [0.1, 0.15) is 6.54 Å². The van der Waals surface area contributed by atoms with Gasteiger partial charge in [-0.25, -0.2) is 9.69 Å². The number of carbonyl (C=O) groups excluding carboxylic acids is 5. The Kier molecular flexibility index (Phi) is 5.95. The minimum Gasteiger partial charge on any atom is -0.355 e. The van der Waals surface area contributed by atoms with Crippen molar-refractivity contribution in [1.82, 2.24) is 15.1 Å². The van der Waals surface area contributed by atoms with Crippen molar-refractivity contribution in [1.29, 1.82) is 0 Å². The molecule has 2 atom stereocenters. The highest BCUT2D eigenvalue weighted by Crippen LogP contribution is 2.31. The van der Waals surface area contributed by atoms with Crippen LogP contribution >= 0.6 is 0 Å². The summed E-state index contributed by atoms with van der Waals surface area (Å²) in [6, 6.07) is 5.19. The number of nitrogens with zero attached hydrogens (tertiary/aromatic N) is 2. The number of benzene rings is 1. The van der Waals surface area contributed by atoms with Gasteiger partial charge in [0, 0.05) is 24.3 Å². The molecule has 0 aromatic heterocycles. The SMILES string of the molecule is CNC(=O)c1cccc(NC(=O)CN2C(=O)C(=O)N([C@@H]3CCCC[C@@H]3C)C2=O)c1. The van der Waals surface area contributed by atoms with E-state index in [1.54, 1.807) is 18.2 Å². The first-order valence-corrected chi connectivity index (χ1v) is 9.64. The number of anilines is 1. The molecule has 154 valence electrons. The Morgan fingerprint density at radius 1 is 1.10 bits per heavy atom. The summed E-state index contributed by atoms with van der Waals surface area (Å²) < 4.78 is 0. The van der Waals surface area contributed by atoms with E-state index in [0.717, 1.165) is 24.2 Å². The number of amides is 6. The molecule has 1 aliphatic heterocycles. The molecule has 9 nitrogen and oxygen atoms in total. The minimum absolute atomic E-state index is 0.116. The Hall–Kier alpha value is -3.23. The van der Waals surface area contributed by atoms with Crippen LogP contribution in [0.4, 0.5) is 10.5 Å². The van der Waals surface area contributed by atoms with Crippen molar-refractivity contribution in [3.8, 4) is 0 Å². The fraction of sp³-hybridized carbons (Fsp3) is 0.450. The third-order valence-corrected chi connectivity index (χ3v) is 5.42. The van der Waals surface area contributed by atoms with Crippen LogP contribution in [-0.4, -0.2) is 59.1 Å². The normalized spacial score (nSPS) is 22.1. The Morgan fingerprint density at radius 3 is 2.52 bits per heavy atom. The van der Waals surface area contributed by atoms with E-state index in [4.69, 9.17) is 0 Å². The summed E-state index contributed by atoms with van der Waals surface area (Å²) in [6.45, 7) is 1.40. The van der Waals surface area contributed by atoms with Gasteiger partial charge in [0.05, 0.1) is 0 Å². The van der Waals surface area contributed by atoms with Gasteiger partial charge in [0.15, 0.2) is 0 Å². The van der Waals surface area contributed by atoms with Crippen LogP contribution in [0.3, 0.4) is 0 Å². The van der Waals surface area contributed by atoms with Crippen molar-refractivity contribution in [2.75, 3.05) is 18.9 Å². The highest BCUT2D eigenvalue weighted by molar-refractivity contribution is 6.45. The molecule has 29 heavy (non-hydrogen) atoms. The van der Waals surface area contributed by atoms with Gasteiger partial charge in [-0.05, 0) is 37.0 Å². The molecule has 0 bridgehead atoms. The second-order valence-corrected chi connectivity index (χ2v) is 7.39. The maximum atomic E-state index is 12.7. The molecule has 3 rings (SSSR count). The summed E-state index contributed by atoms with van der Waals surface area (Å²) in [5.74, 6) is -2.68. The van der Waals surface area contributed by atoms with Gasteiger partial charge in [-0.1, -0.05) is 25.8 Å². The molecule has 9 heteroatoms. The van der Waals surface area contributed by atoms with Crippen molar-refractivity contribution in [3.63, 3.8) is 0 Å². The van der Waals surface area contributed by atoms with Crippen molar-refractivity contribution in [2.45, 2.75) is 38.6 Å². The predicted octanol–water partition coefficient (Wildman–Crippen LogP) is 1.35. The van der Waals surface area contributed by atoms with Crippen molar-refractivity contribution in [2.24, 2.45) is 5.92 Å². The molecular weight excluding hydrogens is 376 g/mol. The van der Waals surface area contributed by atoms with Crippen LogP contribution in [0.25, 0.3) is 0 Å². The third kappa shape index (κ3) is 4.13. The highest BCUT2D eigenvalue weighted by atomic mass is 16.2. The van der Waals surface area contributed by atoms with Crippen molar-refractivity contribution >= 4 is 35.3 Å². The minimum atomic E-state index is -0.984. The quantitative estimate of drug-likeness (QED) is 0.572. The van der Waals surface area contributed by atoms with Crippen LogP contribution in [0.15, 0.2) is 24.3 Å². The van der Waals surface area contributed by atoms with Crippen LogP contribution in [0.5, 0.6) is 0 Å². The van der Waals surface area contributed by atoms with Gasteiger partial charge in [0.2, 0.25) is 5.91 Å². The van der Waals surface area contributed by atoms with Crippen LogP contribution in [0.2, 0.25) is 0 Å². The number of rotatable bonds is 5. The average Bonchev–Trinajstić information content (AvgIpc) is 2.91. The largest absolute Gasteiger partial charge is 0.355 e. The van der Waals surface area contributed by atoms with Gasteiger partial charge in [-0.15, -0.1) is 0 Å². The van der Waals surface area contributed by atoms with Gasteiger partial charge < -0.3 is 10.6 Å². The Labute approximate surface area is 168 Å². The third-order valence-electron chi connectivity index (χ3n) is 5.42. The van der Waals surface area contributed by atoms with E-state index in [9.17, 15) is 24.0 Å². The van der Waals surface area contributed by atoms with E-state index in [2.05, 4.69) is 10.6 Å². The topological polar surface area (TPSA) is 116 Å². The fourth-order valence-electron chi connectivity index (χ4n) is 3.86. The predicted molar refractivity (Wildman–Crippen MR) is 104 cm³/mol. The van der Waals surface area contributed by atoms with Gasteiger partial charge >= 0.3 is 17.8 Å². The summed E-state index contributed by atoms with van der Waals surface area (Å²) >= 11 is 0. The second-order valence-electron chi connectivity index (χ2n) is 7.39. The first kappa shape index (κ1) is 20.5. The number of nitrogens with one attached hydrogen (secondary N) is 2. The Balaban J connectivity index is 1.69. The Morgan fingerprint density at radius 2 is 1.83 bits per heavy atom. The number of hydrogen-bond donors (Lipinski definition) is 2. The molecule has 6 amide bonds. The zero-order chi connectivity index (χ0) is 21.1. The maximum absolute atomic E-state index is 12.7. The molecule has 1 aromatic rings. The number of urea groups is 1. The van der Waals surface area contributed by atoms with E-state index < -0.39 is 30.3 Å². The smallest absolute Gasteiger partial charge is 0.334 e. The van der Waals surface area contributed by atoms with E-state index in [1.165, 1.54) is 13.1 Å².